The molecule has 3 aromatic rings. The van der Waals surface area contributed by atoms with Gasteiger partial charge in [0.2, 0.25) is 0 Å². The lowest BCUT2D eigenvalue weighted by atomic mass is 10.0. The van der Waals surface area contributed by atoms with E-state index in [9.17, 15) is 14.0 Å². The number of ether oxygens (including phenoxy) is 1. The lowest BCUT2D eigenvalue weighted by Crippen LogP contribution is -2.19. The number of nitrogens with zero attached hydrogens (tertiary/aromatic N) is 2. The Morgan fingerprint density at radius 2 is 2.12 bits per heavy atom. The van der Waals surface area contributed by atoms with Crippen LogP contribution in [0.2, 0.25) is 0 Å². The summed E-state index contributed by atoms with van der Waals surface area (Å²) in [5, 5.41) is 0. The molecule has 0 aliphatic heterocycles. The van der Waals surface area contributed by atoms with Crippen LogP contribution in [0, 0.1) is 5.82 Å². The number of rotatable bonds is 4. The zero-order valence-corrected chi connectivity index (χ0v) is 14.9. The van der Waals surface area contributed by atoms with Crippen LogP contribution in [0.4, 0.5) is 4.39 Å². The van der Waals surface area contributed by atoms with Gasteiger partial charge in [-0.1, -0.05) is 12.1 Å². The fourth-order valence-corrected chi connectivity index (χ4v) is 4.47. The quantitative estimate of drug-likeness (QED) is 0.661. The minimum absolute atomic E-state index is 0.0215. The summed E-state index contributed by atoms with van der Waals surface area (Å²) in [6, 6.07) is 7.25. The fraction of sp³-hybridized carbons (Fsp3) is 0.316. The highest BCUT2D eigenvalue weighted by Crippen LogP contribution is 2.28. The predicted octanol–water partition coefficient (Wildman–Crippen LogP) is 3.06. The molecule has 5 nitrogen and oxygen atoms in total. The number of carbonyl (C=O) groups is 1. The summed E-state index contributed by atoms with van der Waals surface area (Å²) in [4.78, 5) is 30.8. The normalized spacial score (nSPS) is 13.6. The van der Waals surface area contributed by atoms with Gasteiger partial charge in [0.15, 0.2) is 4.96 Å². The topological polar surface area (TPSA) is 60.7 Å². The Balaban J connectivity index is 1.49. The molecule has 2 aromatic heterocycles. The summed E-state index contributed by atoms with van der Waals surface area (Å²) in [5.41, 5.74) is 1.92. The standard InChI is InChI=1S/C19H17FN2O3S/c20-13-5-3-4-12(8-13)9-18(24)25-11-14-10-17(23)22-15-6-1-2-7-16(15)26-19(22)21-14/h3-5,8,10H,1-2,6-7,9,11H2. The third-order valence-electron chi connectivity index (χ3n) is 4.43. The molecule has 0 saturated heterocycles. The second-order valence-electron chi connectivity index (χ2n) is 6.35. The van der Waals surface area contributed by atoms with Crippen LogP contribution in [0.15, 0.2) is 35.1 Å². The second kappa shape index (κ2) is 6.99. The number of fused-ring (bicyclic) bond motifs is 3. The van der Waals surface area contributed by atoms with Crippen molar-refractivity contribution >= 4 is 22.3 Å². The van der Waals surface area contributed by atoms with Gasteiger partial charge in [-0.2, -0.15) is 0 Å². The number of halogens is 1. The number of benzene rings is 1. The van der Waals surface area contributed by atoms with Crippen molar-refractivity contribution in [3.05, 3.63) is 68.3 Å². The van der Waals surface area contributed by atoms with Crippen LogP contribution in [0.3, 0.4) is 0 Å². The van der Waals surface area contributed by atoms with E-state index in [4.69, 9.17) is 4.74 Å². The molecule has 0 atom stereocenters. The second-order valence-corrected chi connectivity index (χ2v) is 7.41. The molecule has 1 aromatic carbocycles. The Kier molecular flexibility index (Phi) is 4.55. The first-order valence-corrected chi connectivity index (χ1v) is 9.35. The van der Waals surface area contributed by atoms with Gasteiger partial charge < -0.3 is 4.74 Å². The van der Waals surface area contributed by atoms with Crippen LogP contribution < -0.4 is 5.56 Å². The zero-order valence-electron chi connectivity index (χ0n) is 14.0. The Morgan fingerprint density at radius 1 is 1.27 bits per heavy atom. The van der Waals surface area contributed by atoms with Gasteiger partial charge in [-0.25, -0.2) is 9.37 Å². The summed E-state index contributed by atoms with van der Waals surface area (Å²) in [5.74, 6) is -0.875. The van der Waals surface area contributed by atoms with Crippen molar-refractivity contribution < 1.29 is 13.9 Å². The van der Waals surface area contributed by atoms with Crippen molar-refractivity contribution in [2.75, 3.05) is 0 Å². The minimum Gasteiger partial charge on any atom is -0.459 e. The SMILES string of the molecule is O=C(Cc1cccc(F)c1)OCc1cc(=O)n2c3c(sc2n1)CCCC3. The van der Waals surface area contributed by atoms with Crippen molar-refractivity contribution in [3.63, 3.8) is 0 Å². The lowest BCUT2D eigenvalue weighted by molar-refractivity contribution is -0.144. The van der Waals surface area contributed by atoms with Crippen molar-refractivity contribution in [3.8, 4) is 0 Å². The summed E-state index contributed by atoms with van der Waals surface area (Å²) in [6.07, 6.45) is 4.09. The highest BCUT2D eigenvalue weighted by molar-refractivity contribution is 7.17. The molecule has 26 heavy (non-hydrogen) atoms. The van der Waals surface area contributed by atoms with Crippen molar-refractivity contribution in [2.24, 2.45) is 0 Å². The number of hydrogen-bond acceptors (Lipinski definition) is 5. The lowest BCUT2D eigenvalue weighted by Gasteiger charge is -2.10. The Hall–Kier alpha value is -2.54. The molecule has 134 valence electrons. The maximum atomic E-state index is 13.2. The molecule has 0 unspecified atom stereocenters. The fourth-order valence-electron chi connectivity index (χ4n) is 3.23. The Morgan fingerprint density at radius 3 is 2.96 bits per heavy atom. The monoisotopic (exact) mass is 372 g/mol. The van der Waals surface area contributed by atoms with Gasteiger partial charge in [0.05, 0.1) is 12.1 Å². The van der Waals surface area contributed by atoms with Crippen LogP contribution in [0.25, 0.3) is 4.96 Å². The van der Waals surface area contributed by atoms with Gasteiger partial charge in [0.25, 0.3) is 5.56 Å². The van der Waals surface area contributed by atoms with Crippen LogP contribution in [0.5, 0.6) is 0 Å². The van der Waals surface area contributed by atoms with E-state index in [1.54, 1.807) is 16.5 Å². The Bertz CT molecular complexity index is 1040. The summed E-state index contributed by atoms with van der Waals surface area (Å²) < 4.78 is 20.0. The maximum Gasteiger partial charge on any atom is 0.310 e. The third-order valence-corrected chi connectivity index (χ3v) is 5.58. The van der Waals surface area contributed by atoms with Crippen LogP contribution in [-0.4, -0.2) is 15.4 Å². The average molecular weight is 372 g/mol. The van der Waals surface area contributed by atoms with Crippen molar-refractivity contribution in [1.29, 1.82) is 0 Å². The number of carbonyl (C=O) groups excluding carboxylic acids is 1. The van der Waals surface area contributed by atoms with E-state index < -0.39 is 11.8 Å². The molecule has 2 heterocycles. The Labute approximate surface area is 153 Å². The molecule has 4 rings (SSSR count). The van der Waals surface area contributed by atoms with Crippen LogP contribution in [0.1, 0.15) is 34.7 Å². The molecule has 1 aliphatic carbocycles. The van der Waals surface area contributed by atoms with E-state index in [0.717, 1.165) is 31.4 Å². The number of thiazole rings is 1. The maximum absolute atomic E-state index is 13.2. The third kappa shape index (κ3) is 3.39. The first-order valence-electron chi connectivity index (χ1n) is 8.53. The molecule has 0 saturated carbocycles. The smallest absolute Gasteiger partial charge is 0.310 e. The van der Waals surface area contributed by atoms with Crippen LogP contribution >= 0.6 is 11.3 Å². The van der Waals surface area contributed by atoms with Gasteiger partial charge in [-0.15, -0.1) is 11.3 Å². The summed E-state index contributed by atoms with van der Waals surface area (Å²) >= 11 is 1.54. The minimum atomic E-state index is -0.483. The van der Waals surface area contributed by atoms with E-state index in [1.165, 1.54) is 34.4 Å². The predicted molar refractivity (Wildman–Crippen MR) is 95.9 cm³/mol. The van der Waals surface area contributed by atoms with Gasteiger partial charge in [-0.05, 0) is 43.4 Å². The molecule has 0 amide bonds. The molecule has 1 aliphatic rings. The number of hydrogen-bond donors (Lipinski definition) is 0. The zero-order chi connectivity index (χ0) is 18.1. The molecular formula is C19H17FN2O3S. The molecule has 7 heteroatoms. The largest absolute Gasteiger partial charge is 0.459 e. The molecule has 0 N–H and O–H groups in total. The average Bonchev–Trinajstić information content (AvgIpc) is 2.99. The van der Waals surface area contributed by atoms with Crippen LogP contribution in [-0.2, 0) is 35.4 Å². The van der Waals surface area contributed by atoms with Gasteiger partial charge in [-0.3, -0.25) is 14.0 Å². The van der Waals surface area contributed by atoms with E-state index >= 15 is 0 Å². The molecule has 0 radical (unpaired) electrons. The van der Waals surface area contributed by atoms with E-state index in [1.807, 2.05) is 0 Å². The van der Waals surface area contributed by atoms with E-state index in [0.29, 0.717) is 16.2 Å². The summed E-state index contributed by atoms with van der Waals surface area (Å²) in [6.45, 7) is -0.0670. The van der Waals surface area contributed by atoms with E-state index in [2.05, 4.69) is 4.98 Å². The molecule has 0 fully saturated rings. The first kappa shape index (κ1) is 16.9. The van der Waals surface area contributed by atoms with Crippen molar-refractivity contribution in [1.82, 2.24) is 9.38 Å². The van der Waals surface area contributed by atoms with Crippen molar-refractivity contribution in [2.45, 2.75) is 38.7 Å². The van der Waals surface area contributed by atoms with E-state index in [-0.39, 0.29) is 18.6 Å². The number of aryl methyl sites for hydroxylation is 2. The highest BCUT2D eigenvalue weighted by Gasteiger charge is 2.18. The van der Waals surface area contributed by atoms with Gasteiger partial charge >= 0.3 is 5.97 Å². The van der Waals surface area contributed by atoms with Gasteiger partial charge in [0, 0.05) is 16.6 Å². The summed E-state index contributed by atoms with van der Waals surface area (Å²) in [7, 11) is 0. The molecule has 0 bridgehead atoms. The van der Waals surface area contributed by atoms with Gasteiger partial charge in [0.1, 0.15) is 12.4 Å². The highest BCUT2D eigenvalue weighted by atomic mass is 32.1. The number of aromatic nitrogens is 2. The number of esters is 1. The first-order chi connectivity index (χ1) is 12.6. The molecule has 0 spiro atoms. The molecular weight excluding hydrogens is 355 g/mol.